The van der Waals surface area contributed by atoms with Crippen LogP contribution in [0.15, 0.2) is 77.6 Å². The number of aromatic nitrogens is 2. The molecular weight excluding hydrogens is 486 g/mol. The van der Waals surface area contributed by atoms with E-state index in [0.29, 0.717) is 51.7 Å². The maximum absolute atomic E-state index is 13.9. The van der Waals surface area contributed by atoms with E-state index in [9.17, 15) is 9.59 Å². The average Bonchev–Trinajstić information content (AvgIpc) is 2.93. The predicted molar refractivity (Wildman–Crippen MR) is 149 cm³/mol. The van der Waals surface area contributed by atoms with E-state index in [1.54, 1.807) is 42.0 Å². The number of nitrogens with zero attached hydrogens (tertiary/aromatic N) is 3. The minimum absolute atomic E-state index is 0.117. The summed E-state index contributed by atoms with van der Waals surface area (Å²) in [6, 6.07) is 21.2. The van der Waals surface area contributed by atoms with Crippen LogP contribution < -0.4 is 10.3 Å². The average molecular weight is 518 g/mol. The number of amides is 1. The molecule has 0 bridgehead atoms. The van der Waals surface area contributed by atoms with Gasteiger partial charge in [0.15, 0.2) is 0 Å². The zero-order valence-electron chi connectivity index (χ0n) is 21.5. The zero-order chi connectivity index (χ0) is 26.4. The van der Waals surface area contributed by atoms with Crippen LogP contribution in [-0.4, -0.2) is 34.0 Å². The van der Waals surface area contributed by atoms with Crippen LogP contribution in [0.1, 0.15) is 61.8 Å². The molecule has 7 heteroatoms. The van der Waals surface area contributed by atoms with Crippen LogP contribution in [0.3, 0.4) is 0 Å². The fraction of sp³-hybridized carbons (Fsp3) is 0.300. The van der Waals surface area contributed by atoms with Crippen molar-refractivity contribution >= 4 is 28.4 Å². The van der Waals surface area contributed by atoms with E-state index >= 15 is 0 Å². The van der Waals surface area contributed by atoms with Crippen LogP contribution in [0.4, 0.5) is 0 Å². The number of ether oxygens (including phenoxy) is 1. The Kier molecular flexibility index (Phi) is 8.62. The van der Waals surface area contributed by atoms with E-state index in [4.69, 9.17) is 21.3 Å². The van der Waals surface area contributed by atoms with E-state index in [0.717, 1.165) is 19.3 Å². The van der Waals surface area contributed by atoms with Crippen LogP contribution in [0.25, 0.3) is 16.6 Å². The van der Waals surface area contributed by atoms with E-state index in [1.165, 1.54) is 0 Å². The van der Waals surface area contributed by atoms with Crippen LogP contribution in [0.2, 0.25) is 5.02 Å². The SMILES string of the molecule is CCCCCN(C(=O)c1ccc(Cl)cc1)C(CC)c1nc2ccccc2c(=O)n1-c1ccccc1OC. The molecule has 0 radical (unpaired) electrons. The van der Waals surface area contributed by atoms with Crippen molar-refractivity contribution < 1.29 is 9.53 Å². The normalized spacial score (nSPS) is 11.9. The molecule has 4 rings (SSSR count). The Morgan fingerprint density at radius 2 is 1.70 bits per heavy atom. The number of para-hydroxylation sites is 3. The quantitative estimate of drug-likeness (QED) is 0.216. The lowest BCUT2D eigenvalue weighted by Gasteiger charge is -2.33. The van der Waals surface area contributed by atoms with Gasteiger partial charge in [0.05, 0.1) is 29.7 Å². The highest BCUT2D eigenvalue weighted by molar-refractivity contribution is 6.30. The minimum atomic E-state index is -0.442. The van der Waals surface area contributed by atoms with Gasteiger partial charge in [0.2, 0.25) is 0 Å². The molecule has 0 saturated heterocycles. The Bertz CT molecular complexity index is 1430. The number of unbranched alkanes of at least 4 members (excludes halogenated alkanes) is 2. The molecule has 0 saturated carbocycles. The van der Waals surface area contributed by atoms with Crippen molar-refractivity contribution in [3.63, 3.8) is 0 Å². The van der Waals surface area contributed by atoms with Gasteiger partial charge in [0, 0.05) is 17.1 Å². The monoisotopic (exact) mass is 517 g/mol. The van der Waals surface area contributed by atoms with Crippen LogP contribution in [0.5, 0.6) is 5.75 Å². The highest BCUT2D eigenvalue weighted by Gasteiger charge is 2.30. The number of methoxy groups -OCH3 is 1. The van der Waals surface area contributed by atoms with Crippen LogP contribution in [0, 0.1) is 0 Å². The topological polar surface area (TPSA) is 64.4 Å². The smallest absolute Gasteiger partial charge is 0.266 e. The van der Waals surface area contributed by atoms with Gasteiger partial charge in [-0.05, 0) is 61.4 Å². The first-order chi connectivity index (χ1) is 18.0. The summed E-state index contributed by atoms with van der Waals surface area (Å²) in [6.07, 6.45) is 3.44. The van der Waals surface area contributed by atoms with E-state index in [1.807, 2.05) is 54.3 Å². The summed E-state index contributed by atoms with van der Waals surface area (Å²) in [5, 5.41) is 1.08. The second-order valence-corrected chi connectivity index (χ2v) is 9.37. The molecule has 0 aliphatic heterocycles. The molecular formula is C30H32ClN3O3. The molecule has 1 aromatic heterocycles. The van der Waals surface area contributed by atoms with Crippen molar-refractivity contribution in [3.05, 3.63) is 99.6 Å². The van der Waals surface area contributed by atoms with E-state index in [2.05, 4.69) is 6.92 Å². The largest absolute Gasteiger partial charge is 0.495 e. The zero-order valence-corrected chi connectivity index (χ0v) is 22.2. The Labute approximate surface area is 222 Å². The number of carbonyl (C=O) groups excluding carboxylic acids is 1. The van der Waals surface area contributed by atoms with Gasteiger partial charge >= 0.3 is 0 Å². The number of hydrogen-bond acceptors (Lipinski definition) is 4. The van der Waals surface area contributed by atoms with E-state index in [-0.39, 0.29) is 11.5 Å². The number of halogens is 1. The molecule has 37 heavy (non-hydrogen) atoms. The Hall–Kier alpha value is -3.64. The van der Waals surface area contributed by atoms with Gasteiger partial charge in [-0.25, -0.2) is 4.98 Å². The summed E-state index contributed by atoms with van der Waals surface area (Å²) in [5.41, 5.74) is 1.54. The summed E-state index contributed by atoms with van der Waals surface area (Å²) < 4.78 is 7.23. The number of hydrogen-bond donors (Lipinski definition) is 0. The minimum Gasteiger partial charge on any atom is -0.495 e. The Morgan fingerprint density at radius 1 is 1.00 bits per heavy atom. The van der Waals surface area contributed by atoms with Crippen molar-refractivity contribution in [2.24, 2.45) is 0 Å². The van der Waals surface area contributed by atoms with Gasteiger partial charge in [0.1, 0.15) is 11.6 Å². The van der Waals surface area contributed by atoms with Crippen molar-refractivity contribution in [3.8, 4) is 11.4 Å². The Morgan fingerprint density at radius 3 is 2.41 bits per heavy atom. The maximum Gasteiger partial charge on any atom is 0.266 e. The van der Waals surface area contributed by atoms with Gasteiger partial charge in [-0.15, -0.1) is 0 Å². The first-order valence-corrected chi connectivity index (χ1v) is 13.1. The number of rotatable bonds is 10. The summed E-state index contributed by atoms with van der Waals surface area (Å²) in [5.74, 6) is 0.947. The molecule has 3 aromatic carbocycles. The molecule has 0 fully saturated rings. The molecule has 0 spiro atoms. The van der Waals surface area contributed by atoms with Gasteiger partial charge < -0.3 is 9.64 Å². The Balaban J connectivity index is 1.94. The number of carbonyl (C=O) groups is 1. The second-order valence-electron chi connectivity index (χ2n) is 8.94. The number of benzene rings is 3. The molecule has 1 atom stereocenters. The molecule has 1 unspecified atom stereocenters. The third-order valence-electron chi connectivity index (χ3n) is 6.54. The van der Waals surface area contributed by atoms with Crippen molar-refractivity contribution in [2.75, 3.05) is 13.7 Å². The maximum atomic E-state index is 13.9. The lowest BCUT2D eigenvalue weighted by molar-refractivity contribution is 0.0655. The van der Waals surface area contributed by atoms with Gasteiger partial charge in [-0.1, -0.05) is 62.6 Å². The van der Waals surface area contributed by atoms with Crippen LogP contribution in [-0.2, 0) is 0 Å². The lowest BCUT2D eigenvalue weighted by atomic mass is 10.1. The number of fused-ring (bicyclic) bond motifs is 1. The van der Waals surface area contributed by atoms with Gasteiger partial charge in [-0.3, -0.25) is 14.2 Å². The molecule has 192 valence electrons. The first-order valence-electron chi connectivity index (χ1n) is 12.7. The summed E-state index contributed by atoms with van der Waals surface area (Å²) in [4.78, 5) is 34.7. The van der Waals surface area contributed by atoms with Gasteiger partial charge in [-0.2, -0.15) is 0 Å². The fourth-order valence-corrected chi connectivity index (χ4v) is 4.78. The van der Waals surface area contributed by atoms with Crippen LogP contribution >= 0.6 is 11.6 Å². The van der Waals surface area contributed by atoms with E-state index < -0.39 is 6.04 Å². The summed E-state index contributed by atoms with van der Waals surface area (Å²) in [7, 11) is 1.58. The molecule has 1 amide bonds. The highest BCUT2D eigenvalue weighted by Crippen LogP contribution is 2.31. The molecule has 0 aliphatic rings. The predicted octanol–water partition coefficient (Wildman–Crippen LogP) is 6.83. The third-order valence-corrected chi connectivity index (χ3v) is 6.80. The summed E-state index contributed by atoms with van der Waals surface area (Å²) in [6.45, 7) is 4.69. The first kappa shape index (κ1) is 26.4. The highest BCUT2D eigenvalue weighted by atomic mass is 35.5. The van der Waals surface area contributed by atoms with Gasteiger partial charge in [0.25, 0.3) is 11.5 Å². The third kappa shape index (κ3) is 5.54. The molecule has 6 nitrogen and oxygen atoms in total. The molecule has 1 heterocycles. The van der Waals surface area contributed by atoms with Crippen molar-refractivity contribution in [1.29, 1.82) is 0 Å². The fourth-order valence-electron chi connectivity index (χ4n) is 4.65. The van der Waals surface area contributed by atoms with Crippen molar-refractivity contribution in [1.82, 2.24) is 14.5 Å². The standard InChI is InChI=1S/C30H32ClN3O3/c1-4-6-11-20-33(29(35)21-16-18-22(31)19-17-21)25(5-2)28-32-24-13-8-7-12-23(24)30(36)34(28)26-14-9-10-15-27(26)37-3/h7-10,12-19,25H,4-6,11,20H2,1-3H3. The molecule has 0 aliphatic carbocycles. The van der Waals surface area contributed by atoms with Crippen molar-refractivity contribution in [2.45, 2.75) is 45.6 Å². The molecule has 4 aromatic rings. The molecule has 0 N–H and O–H groups in total. The second kappa shape index (κ2) is 12.1. The lowest BCUT2D eigenvalue weighted by Crippen LogP contribution is -2.39. The summed E-state index contributed by atoms with van der Waals surface area (Å²) >= 11 is 6.09.